The van der Waals surface area contributed by atoms with Crippen LogP contribution >= 0.6 is 7.82 Å². The Hall–Kier alpha value is -2.06. The van der Waals surface area contributed by atoms with Gasteiger partial charge in [0, 0.05) is 6.42 Å². The lowest BCUT2D eigenvalue weighted by Gasteiger charge is -2.25. The second-order valence-electron chi connectivity index (χ2n) is 20.6. The Morgan fingerprint density at radius 2 is 0.841 bits per heavy atom. The van der Waals surface area contributed by atoms with E-state index in [1.165, 1.54) is 173 Å². The van der Waals surface area contributed by atoms with Gasteiger partial charge in [-0.1, -0.05) is 234 Å². The number of nitrogens with one attached hydrogen (secondary N) is 1. The molecule has 1 amide bonds. The van der Waals surface area contributed by atoms with Gasteiger partial charge in [-0.3, -0.25) is 13.8 Å². The molecule has 3 N–H and O–H groups in total. The maximum Gasteiger partial charge on any atom is 0.472 e. The topological polar surface area (TPSA) is 105 Å². The van der Waals surface area contributed by atoms with Gasteiger partial charge in [-0.2, -0.15) is 0 Å². The van der Waals surface area contributed by atoms with E-state index in [4.69, 9.17) is 9.05 Å². The Balaban J connectivity index is 4.31. The van der Waals surface area contributed by atoms with Crippen molar-refractivity contribution >= 4 is 13.7 Å². The fourth-order valence-corrected chi connectivity index (χ4v) is 8.82. The Bertz CT molecular complexity index is 1350. The molecule has 0 aromatic rings. The molecule has 9 heteroatoms. The fraction of sp³-hybridized carbons (Fsp3) is 0.783. The molecule has 0 saturated heterocycles. The van der Waals surface area contributed by atoms with Gasteiger partial charge >= 0.3 is 7.82 Å². The Morgan fingerprint density at radius 1 is 0.493 bits per heavy atom. The summed E-state index contributed by atoms with van der Waals surface area (Å²) >= 11 is 0. The molecule has 0 radical (unpaired) electrons. The van der Waals surface area contributed by atoms with Crippen molar-refractivity contribution < 1.29 is 32.9 Å². The summed E-state index contributed by atoms with van der Waals surface area (Å²) in [5, 5.41) is 13.9. The number of rotatable bonds is 52. The number of carbonyl (C=O) groups is 1. The van der Waals surface area contributed by atoms with E-state index in [9.17, 15) is 19.4 Å². The van der Waals surface area contributed by atoms with Crippen LogP contribution in [-0.4, -0.2) is 73.4 Å². The Kier molecular flexibility index (Phi) is 49.3. The number of phosphoric acid groups is 1. The van der Waals surface area contributed by atoms with Crippen molar-refractivity contribution in [1.29, 1.82) is 0 Å². The van der Waals surface area contributed by atoms with Gasteiger partial charge in [0.05, 0.1) is 39.9 Å². The normalized spacial score (nSPS) is 14.5. The number of unbranched alkanes of at least 4 members (excludes halogenated alkanes) is 29. The van der Waals surface area contributed by atoms with E-state index in [1.807, 2.05) is 27.2 Å². The molecule has 0 fully saturated rings. The second kappa shape index (κ2) is 50.9. The first-order chi connectivity index (χ1) is 33.5. The smallest absolute Gasteiger partial charge is 0.387 e. The van der Waals surface area contributed by atoms with Crippen LogP contribution in [0, 0.1) is 0 Å². The van der Waals surface area contributed by atoms with E-state index in [-0.39, 0.29) is 19.1 Å². The molecule has 0 aromatic carbocycles. The van der Waals surface area contributed by atoms with Gasteiger partial charge in [0.1, 0.15) is 13.2 Å². The molecule has 0 aromatic heterocycles. The van der Waals surface area contributed by atoms with Crippen molar-refractivity contribution in [2.45, 2.75) is 264 Å². The summed E-state index contributed by atoms with van der Waals surface area (Å²) in [5.41, 5.74) is 0. The molecule has 3 unspecified atom stereocenters. The molecular weight excluding hydrogens is 876 g/mol. The third-order valence-corrected chi connectivity index (χ3v) is 13.6. The van der Waals surface area contributed by atoms with Gasteiger partial charge in [-0.15, -0.1) is 0 Å². The lowest BCUT2D eigenvalue weighted by Crippen LogP contribution is -2.45. The summed E-state index contributed by atoms with van der Waals surface area (Å²) in [6.07, 6.45) is 70.0. The van der Waals surface area contributed by atoms with Gasteiger partial charge in [-0.05, 0) is 83.5 Å². The van der Waals surface area contributed by atoms with Crippen LogP contribution in [0.1, 0.15) is 251 Å². The summed E-state index contributed by atoms with van der Waals surface area (Å²) in [6.45, 7) is 4.78. The van der Waals surface area contributed by atoms with Gasteiger partial charge in [-0.25, -0.2) is 4.57 Å². The number of carbonyl (C=O) groups excluding carboxylic acids is 1. The summed E-state index contributed by atoms with van der Waals surface area (Å²) in [6, 6.07) is -0.876. The largest absolute Gasteiger partial charge is 0.472 e. The zero-order valence-corrected chi connectivity index (χ0v) is 46.7. The van der Waals surface area contributed by atoms with Gasteiger partial charge in [0.2, 0.25) is 5.91 Å². The fourth-order valence-electron chi connectivity index (χ4n) is 8.08. The van der Waals surface area contributed by atoms with Crippen LogP contribution < -0.4 is 5.32 Å². The number of nitrogens with zero attached hydrogens (tertiary/aromatic N) is 1. The highest BCUT2D eigenvalue weighted by molar-refractivity contribution is 7.47. The maximum atomic E-state index is 13.0. The van der Waals surface area contributed by atoms with E-state index >= 15 is 0 Å². The predicted octanol–water partition coefficient (Wildman–Crippen LogP) is 17.5. The van der Waals surface area contributed by atoms with Crippen LogP contribution in [0.4, 0.5) is 0 Å². The Morgan fingerprint density at radius 3 is 1.26 bits per heavy atom. The molecule has 0 aliphatic rings. The van der Waals surface area contributed by atoms with Crippen molar-refractivity contribution in [3.8, 4) is 0 Å². The van der Waals surface area contributed by atoms with E-state index in [0.717, 1.165) is 57.8 Å². The number of allylic oxidation sites excluding steroid dienone is 11. The van der Waals surface area contributed by atoms with Crippen molar-refractivity contribution in [2.75, 3.05) is 40.9 Å². The van der Waals surface area contributed by atoms with Gasteiger partial charge < -0.3 is 19.8 Å². The van der Waals surface area contributed by atoms with Gasteiger partial charge in [0.25, 0.3) is 0 Å². The number of hydrogen-bond donors (Lipinski definition) is 3. The molecule has 3 atom stereocenters. The first kappa shape index (κ1) is 66.9. The zero-order valence-electron chi connectivity index (χ0n) is 45.8. The summed E-state index contributed by atoms with van der Waals surface area (Å²) in [7, 11) is 1.54. The summed E-state index contributed by atoms with van der Waals surface area (Å²) < 4.78 is 23.7. The molecule has 0 rings (SSSR count). The first-order valence-electron chi connectivity index (χ1n) is 28.8. The van der Waals surface area contributed by atoms with Crippen LogP contribution in [0.25, 0.3) is 0 Å². The molecule has 0 aliphatic carbocycles. The molecule has 0 spiro atoms. The molecule has 0 bridgehead atoms. The van der Waals surface area contributed by atoms with E-state index in [0.29, 0.717) is 17.4 Å². The number of aliphatic hydroxyl groups is 1. The van der Waals surface area contributed by atoms with Crippen LogP contribution in [-0.2, 0) is 18.4 Å². The van der Waals surface area contributed by atoms with Crippen molar-refractivity contribution in [2.24, 2.45) is 0 Å². The second-order valence-corrected chi connectivity index (χ2v) is 22.1. The molecule has 0 heterocycles. The van der Waals surface area contributed by atoms with Crippen LogP contribution in [0.3, 0.4) is 0 Å². The SMILES string of the molecule is CCCCCCC/C=C\C/C=C\C/C=C\CCCCCCCCCCCCC(=O)NC(COP(=O)(O)OCC[N+](C)(C)C)C(O)/C=C/CC/C=C/CC/C=C/CCCCCCCCCCCCCC. The third kappa shape index (κ3) is 53.6. The van der Waals surface area contributed by atoms with Crippen LogP contribution in [0.5, 0.6) is 0 Å². The predicted molar refractivity (Wildman–Crippen MR) is 300 cm³/mol. The first-order valence-corrected chi connectivity index (χ1v) is 30.3. The number of aliphatic hydroxyl groups excluding tert-OH is 1. The number of quaternary nitrogens is 1. The van der Waals surface area contributed by atoms with Gasteiger partial charge in [0.15, 0.2) is 0 Å². The van der Waals surface area contributed by atoms with E-state index < -0.39 is 20.0 Å². The minimum Gasteiger partial charge on any atom is -0.387 e. The molecule has 402 valence electrons. The highest BCUT2D eigenvalue weighted by Gasteiger charge is 2.27. The van der Waals surface area contributed by atoms with Crippen molar-refractivity contribution in [3.63, 3.8) is 0 Å². The Labute approximate surface area is 427 Å². The summed E-state index contributed by atoms with van der Waals surface area (Å²) in [5.74, 6) is -0.196. The number of hydrogen-bond acceptors (Lipinski definition) is 5. The molecule has 69 heavy (non-hydrogen) atoms. The monoisotopic (exact) mass is 988 g/mol. The number of likely N-dealkylation sites (N-methyl/N-ethyl adjacent to an activating group) is 1. The minimum absolute atomic E-state index is 0.0500. The lowest BCUT2D eigenvalue weighted by atomic mass is 10.0. The molecule has 0 saturated carbocycles. The summed E-state index contributed by atoms with van der Waals surface area (Å²) in [4.78, 5) is 23.3. The minimum atomic E-state index is -4.36. The third-order valence-electron chi connectivity index (χ3n) is 12.6. The van der Waals surface area contributed by atoms with Crippen molar-refractivity contribution in [1.82, 2.24) is 5.32 Å². The molecule has 8 nitrogen and oxygen atoms in total. The zero-order chi connectivity index (χ0) is 50.6. The van der Waals surface area contributed by atoms with E-state index in [2.05, 4.69) is 79.9 Å². The van der Waals surface area contributed by atoms with Crippen LogP contribution in [0.2, 0.25) is 0 Å². The van der Waals surface area contributed by atoms with E-state index in [1.54, 1.807) is 6.08 Å². The number of phosphoric ester groups is 1. The average Bonchev–Trinajstić information content (AvgIpc) is 3.31. The van der Waals surface area contributed by atoms with Crippen LogP contribution in [0.15, 0.2) is 72.9 Å². The number of amides is 1. The standard InChI is InChI=1S/C60H111N2O6P/c1-6-8-10-12-14-16-18-20-22-24-26-28-30-31-32-34-36-38-40-42-44-46-48-50-52-54-60(64)61-58(57-68-69(65,66)67-56-55-62(3,4)5)59(63)53-51-49-47-45-43-41-39-37-35-33-29-27-25-23-21-19-17-15-13-11-9-7-2/h18,20,24,26,30-31,35,37,43,45,51,53,58-59,63H,6-17,19,21-23,25,27-29,32-34,36,38-42,44,46-50,52,54-57H2,1-5H3,(H-,61,64,65,66)/p+1/b20-18-,26-24-,31-30-,37-35+,45-43+,53-51+. The van der Waals surface area contributed by atoms with Crippen molar-refractivity contribution in [3.05, 3.63) is 72.9 Å². The molecular formula is C60H112N2O6P+. The maximum absolute atomic E-state index is 13.0. The highest BCUT2D eigenvalue weighted by Crippen LogP contribution is 2.43. The quantitative estimate of drug-likeness (QED) is 0.0243. The average molecular weight is 989 g/mol. The molecule has 0 aliphatic heterocycles. The lowest BCUT2D eigenvalue weighted by molar-refractivity contribution is -0.870. The highest BCUT2D eigenvalue weighted by atomic mass is 31.2.